The summed E-state index contributed by atoms with van der Waals surface area (Å²) in [7, 11) is 1.74. The van der Waals surface area contributed by atoms with Crippen molar-refractivity contribution in [1.82, 2.24) is 0 Å². The Bertz CT molecular complexity index is 734. The van der Waals surface area contributed by atoms with Gasteiger partial charge in [-0.25, -0.2) is 0 Å². The van der Waals surface area contributed by atoms with Crippen molar-refractivity contribution in [2.24, 2.45) is 0 Å². The molecule has 1 atom stereocenters. The number of benzene rings is 2. The van der Waals surface area contributed by atoms with Crippen LogP contribution in [0.4, 0.5) is 0 Å². The fourth-order valence-corrected chi connectivity index (χ4v) is 2.39. The number of rotatable bonds is 6. The lowest BCUT2D eigenvalue weighted by atomic mass is 10.0. The largest absolute Gasteiger partial charge is 0.427 e. The van der Waals surface area contributed by atoms with Crippen molar-refractivity contribution in [2.75, 3.05) is 7.11 Å². The van der Waals surface area contributed by atoms with Crippen LogP contribution in [0.25, 0.3) is 11.1 Å². The minimum absolute atomic E-state index is 0.299. The zero-order chi connectivity index (χ0) is 18.1. The summed E-state index contributed by atoms with van der Waals surface area (Å²) >= 11 is 0. The molecular formula is C22H24O3. The maximum absolute atomic E-state index is 10.9. The molecule has 0 aliphatic heterocycles. The van der Waals surface area contributed by atoms with E-state index in [1.165, 1.54) is 6.92 Å². The number of unbranched alkanes of at least 4 members (excludes halogenated alkanes) is 1. The van der Waals surface area contributed by atoms with E-state index in [2.05, 4.69) is 30.9 Å². The molecule has 130 valence electrons. The van der Waals surface area contributed by atoms with E-state index in [9.17, 15) is 4.79 Å². The van der Waals surface area contributed by atoms with Crippen LogP contribution in [0.15, 0.2) is 48.5 Å². The van der Waals surface area contributed by atoms with Crippen molar-refractivity contribution >= 4 is 5.97 Å². The molecule has 0 amide bonds. The maximum atomic E-state index is 10.9. The average Bonchev–Trinajstić information content (AvgIpc) is 2.62. The van der Waals surface area contributed by atoms with Crippen LogP contribution in [-0.4, -0.2) is 19.2 Å². The lowest BCUT2D eigenvalue weighted by Crippen LogP contribution is -2.03. The SMILES string of the molecule is COC(C)CCCC#Cc1ccc(-c2ccc(OC(C)=O)cc2)cc1. The fourth-order valence-electron chi connectivity index (χ4n) is 2.39. The third-order valence-electron chi connectivity index (χ3n) is 3.88. The third-order valence-corrected chi connectivity index (χ3v) is 3.88. The van der Waals surface area contributed by atoms with Crippen LogP contribution in [0.3, 0.4) is 0 Å². The first kappa shape index (κ1) is 18.8. The predicted octanol–water partition coefficient (Wildman–Crippen LogP) is 4.84. The summed E-state index contributed by atoms with van der Waals surface area (Å²) in [6.07, 6.45) is 3.27. The van der Waals surface area contributed by atoms with Crippen molar-refractivity contribution in [3.63, 3.8) is 0 Å². The number of methoxy groups -OCH3 is 1. The average molecular weight is 336 g/mol. The maximum Gasteiger partial charge on any atom is 0.308 e. The van der Waals surface area contributed by atoms with E-state index in [0.29, 0.717) is 11.9 Å². The van der Waals surface area contributed by atoms with Crippen LogP contribution in [-0.2, 0) is 9.53 Å². The van der Waals surface area contributed by atoms with Crippen molar-refractivity contribution < 1.29 is 14.3 Å². The summed E-state index contributed by atoms with van der Waals surface area (Å²) in [5, 5.41) is 0. The standard InChI is InChI=1S/C22H24O3/c1-17(24-3)7-5-4-6-8-19-9-11-20(12-10-19)21-13-15-22(16-14-21)25-18(2)23/h9-17H,4-5,7H2,1-3H3. The lowest BCUT2D eigenvalue weighted by molar-refractivity contribution is -0.131. The van der Waals surface area contributed by atoms with Crippen LogP contribution in [0.2, 0.25) is 0 Å². The van der Waals surface area contributed by atoms with Gasteiger partial charge in [-0.05, 0) is 55.2 Å². The topological polar surface area (TPSA) is 35.5 Å². The van der Waals surface area contributed by atoms with Gasteiger partial charge in [-0.1, -0.05) is 36.1 Å². The number of hydrogen-bond donors (Lipinski definition) is 0. The summed E-state index contributed by atoms with van der Waals surface area (Å²) in [5.74, 6) is 6.65. The molecule has 0 saturated carbocycles. The second-order valence-electron chi connectivity index (χ2n) is 5.94. The number of ether oxygens (including phenoxy) is 2. The van der Waals surface area contributed by atoms with Crippen LogP contribution in [0.1, 0.15) is 38.7 Å². The Labute approximate surface area is 150 Å². The summed E-state index contributed by atoms with van der Waals surface area (Å²) in [6, 6.07) is 15.6. The summed E-state index contributed by atoms with van der Waals surface area (Å²) in [6.45, 7) is 3.47. The van der Waals surface area contributed by atoms with Gasteiger partial charge in [-0.15, -0.1) is 0 Å². The second-order valence-corrected chi connectivity index (χ2v) is 5.94. The quantitative estimate of drug-likeness (QED) is 0.328. The van der Waals surface area contributed by atoms with Crippen LogP contribution >= 0.6 is 0 Å². The number of hydrogen-bond acceptors (Lipinski definition) is 3. The van der Waals surface area contributed by atoms with E-state index in [1.807, 2.05) is 24.3 Å². The van der Waals surface area contributed by atoms with E-state index in [4.69, 9.17) is 9.47 Å². The van der Waals surface area contributed by atoms with Crippen LogP contribution in [0, 0.1) is 11.8 Å². The zero-order valence-electron chi connectivity index (χ0n) is 15.0. The van der Waals surface area contributed by atoms with Gasteiger partial charge in [-0.2, -0.15) is 0 Å². The number of carbonyl (C=O) groups excluding carboxylic acids is 1. The minimum Gasteiger partial charge on any atom is -0.427 e. The molecule has 3 nitrogen and oxygen atoms in total. The highest BCUT2D eigenvalue weighted by Gasteiger charge is 2.01. The molecule has 0 saturated heterocycles. The molecule has 0 aliphatic rings. The lowest BCUT2D eigenvalue weighted by Gasteiger charge is -2.06. The normalized spacial score (nSPS) is 11.3. The summed E-state index contributed by atoms with van der Waals surface area (Å²) in [5.41, 5.74) is 3.19. The number of carbonyl (C=O) groups is 1. The molecular weight excluding hydrogens is 312 g/mol. The second kappa shape index (κ2) is 9.66. The number of esters is 1. The van der Waals surface area contributed by atoms with Gasteiger partial charge in [0.05, 0.1) is 6.10 Å². The molecule has 0 N–H and O–H groups in total. The monoisotopic (exact) mass is 336 g/mol. The van der Waals surface area contributed by atoms with Crippen molar-refractivity contribution in [2.45, 2.75) is 39.2 Å². The highest BCUT2D eigenvalue weighted by molar-refractivity contribution is 5.70. The highest BCUT2D eigenvalue weighted by atomic mass is 16.5. The third kappa shape index (κ3) is 6.45. The zero-order valence-corrected chi connectivity index (χ0v) is 15.0. The van der Waals surface area contributed by atoms with Crippen molar-refractivity contribution in [1.29, 1.82) is 0 Å². The molecule has 0 radical (unpaired) electrons. The van der Waals surface area contributed by atoms with Gasteiger partial charge in [-0.3, -0.25) is 4.79 Å². The van der Waals surface area contributed by atoms with Gasteiger partial charge in [0, 0.05) is 26.0 Å². The molecule has 1 unspecified atom stereocenters. The first-order valence-corrected chi connectivity index (χ1v) is 8.49. The Hall–Kier alpha value is -2.57. The molecule has 3 heteroatoms. The first-order valence-electron chi connectivity index (χ1n) is 8.49. The fraction of sp³-hybridized carbons (Fsp3) is 0.318. The van der Waals surface area contributed by atoms with E-state index < -0.39 is 0 Å². The Balaban J connectivity index is 1.92. The van der Waals surface area contributed by atoms with Gasteiger partial charge in [0.15, 0.2) is 0 Å². The minimum atomic E-state index is -0.313. The van der Waals surface area contributed by atoms with Crippen LogP contribution in [0.5, 0.6) is 5.75 Å². The molecule has 0 bridgehead atoms. The Morgan fingerprint density at radius 2 is 1.64 bits per heavy atom. The van der Waals surface area contributed by atoms with Crippen molar-refractivity contribution in [3.8, 4) is 28.7 Å². The Morgan fingerprint density at radius 1 is 1.04 bits per heavy atom. The van der Waals surface area contributed by atoms with E-state index in [-0.39, 0.29) is 5.97 Å². The predicted molar refractivity (Wildman–Crippen MR) is 100 cm³/mol. The molecule has 0 aromatic heterocycles. The Morgan fingerprint density at radius 3 is 2.20 bits per heavy atom. The van der Waals surface area contributed by atoms with Crippen LogP contribution < -0.4 is 4.74 Å². The first-order chi connectivity index (χ1) is 12.1. The van der Waals surface area contributed by atoms with Gasteiger partial charge < -0.3 is 9.47 Å². The molecule has 0 aliphatic carbocycles. The van der Waals surface area contributed by atoms with E-state index in [0.717, 1.165) is 36.0 Å². The molecule has 25 heavy (non-hydrogen) atoms. The molecule has 0 heterocycles. The van der Waals surface area contributed by atoms with Gasteiger partial charge >= 0.3 is 5.97 Å². The highest BCUT2D eigenvalue weighted by Crippen LogP contribution is 2.22. The van der Waals surface area contributed by atoms with E-state index >= 15 is 0 Å². The van der Waals surface area contributed by atoms with Gasteiger partial charge in [0.2, 0.25) is 0 Å². The van der Waals surface area contributed by atoms with Crippen molar-refractivity contribution in [3.05, 3.63) is 54.1 Å². The molecule has 2 aromatic rings. The van der Waals surface area contributed by atoms with E-state index in [1.54, 1.807) is 19.2 Å². The van der Waals surface area contributed by atoms with Gasteiger partial charge in [0.25, 0.3) is 0 Å². The summed E-state index contributed by atoms with van der Waals surface area (Å²) in [4.78, 5) is 10.9. The molecule has 0 fully saturated rings. The molecule has 2 rings (SSSR count). The molecule has 0 spiro atoms. The molecule has 2 aromatic carbocycles. The summed E-state index contributed by atoms with van der Waals surface area (Å²) < 4.78 is 10.3. The Kier molecular flexibility index (Phi) is 7.25. The van der Waals surface area contributed by atoms with Gasteiger partial charge in [0.1, 0.15) is 5.75 Å². The smallest absolute Gasteiger partial charge is 0.308 e.